The Kier molecular flexibility index (Phi) is 5.86. The molecule has 2 aromatic rings. The van der Waals surface area contributed by atoms with Gasteiger partial charge in [-0.2, -0.15) is 0 Å². The van der Waals surface area contributed by atoms with Crippen molar-refractivity contribution in [3.05, 3.63) is 60.2 Å². The van der Waals surface area contributed by atoms with E-state index in [0.29, 0.717) is 24.4 Å². The predicted molar refractivity (Wildman–Crippen MR) is 103 cm³/mol. The molecule has 0 unspecified atom stereocenters. The molecule has 3 rings (SSSR count). The zero-order chi connectivity index (χ0) is 19.2. The van der Waals surface area contributed by atoms with Gasteiger partial charge >= 0.3 is 5.97 Å². The molecule has 1 fully saturated rings. The third-order valence-corrected chi connectivity index (χ3v) is 4.39. The van der Waals surface area contributed by atoms with Gasteiger partial charge in [-0.1, -0.05) is 25.1 Å². The molecule has 1 atom stereocenters. The molecule has 1 N–H and O–H groups in total. The van der Waals surface area contributed by atoms with Crippen LogP contribution < -0.4 is 10.2 Å². The van der Waals surface area contributed by atoms with Crippen molar-refractivity contribution >= 4 is 29.2 Å². The van der Waals surface area contributed by atoms with Gasteiger partial charge in [-0.05, 0) is 42.8 Å². The summed E-state index contributed by atoms with van der Waals surface area (Å²) in [4.78, 5) is 38.2. The second kappa shape index (κ2) is 8.49. The van der Waals surface area contributed by atoms with E-state index in [1.165, 1.54) is 0 Å². The Balaban J connectivity index is 1.59. The lowest BCUT2D eigenvalue weighted by Gasteiger charge is -2.16. The molecule has 0 saturated carbocycles. The number of nitrogens with one attached hydrogen (secondary N) is 1. The highest BCUT2D eigenvalue weighted by Gasteiger charge is 2.35. The van der Waals surface area contributed by atoms with E-state index in [1.54, 1.807) is 29.2 Å². The summed E-state index contributed by atoms with van der Waals surface area (Å²) in [6, 6.07) is 15.9. The fourth-order valence-electron chi connectivity index (χ4n) is 2.95. The van der Waals surface area contributed by atoms with Gasteiger partial charge in [-0.25, -0.2) is 4.79 Å². The molecule has 1 aliphatic rings. The normalized spacial score (nSPS) is 16.3. The quantitative estimate of drug-likeness (QED) is 0.797. The minimum atomic E-state index is -0.410. The molecule has 0 spiro atoms. The number of esters is 1. The molecule has 2 amide bonds. The number of amides is 2. The molecule has 6 nitrogen and oxygen atoms in total. The molecule has 0 radical (unpaired) electrons. The van der Waals surface area contributed by atoms with Gasteiger partial charge in [0.1, 0.15) is 0 Å². The van der Waals surface area contributed by atoms with E-state index < -0.39 is 5.92 Å². The molecule has 6 heteroatoms. The van der Waals surface area contributed by atoms with Crippen LogP contribution in [0.3, 0.4) is 0 Å². The number of carbonyl (C=O) groups excluding carboxylic acids is 3. The number of ether oxygens (including phenoxy) is 1. The van der Waals surface area contributed by atoms with Crippen molar-refractivity contribution in [3.63, 3.8) is 0 Å². The molecule has 1 aliphatic heterocycles. The van der Waals surface area contributed by atoms with Crippen molar-refractivity contribution in [2.24, 2.45) is 5.92 Å². The third-order valence-electron chi connectivity index (χ3n) is 4.39. The molecule has 0 aromatic heterocycles. The van der Waals surface area contributed by atoms with Crippen LogP contribution in [0.4, 0.5) is 11.4 Å². The molecule has 140 valence electrons. The van der Waals surface area contributed by atoms with Crippen molar-refractivity contribution < 1.29 is 19.1 Å². The maximum atomic E-state index is 12.5. The average Bonchev–Trinajstić information content (AvgIpc) is 3.09. The number of rotatable bonds is 6. The van der Waals surface area contributed by atoms with Crippen LogP contribution in [-0.4, -0.2) is 30.9 Å². The number of para-hydroxylation sites is 1. The lowest BCUT2D eigenvalue weighted by atomic mass is 10.1. The summed E-state index contributed by atoms with van der Waals surface area (Å²) >= 11 is 0. The Hall–Kier alpha value is -3.15. The zero-order valence-electron chi connectivity index (χ0n) is 15.2. The van der Waals surface area contributed by atoms with Crippen LogP contribution in [-0.2, 0) is 14.3 Å². The van der Waals surface area contributed by atoms with Crippen LogP contribution in [0, 0.1) is 5.92 Å². The van der Waals surface area contributed by atoms with Crippen molar-refractivity contribution in [2.75, 3.05) is 23.4 Å². The maximum Gasteiger partial charge on any atom is 0.338 e. The van der Waals surface area contributed by atoms with Gasteiger partial charge in [0.25, 0.3) is 0 Å². The molecule has 0 aliphatic carbocycles. The van der Waals surface area contributed by atoms with E-state index in [1.807, 2.05) is 37.3 Å². The van der Waals surface area contributed by atoms with Crippen LogP contribution >= 0.6 is 0 Å². The lowest BCUT2D eigenvalue weighted by Crippen LogP contribution is -2.28. The molecule has 0 bridgehead atoms. The van der Waals surface area contributed by atoms with E-state index in [2.05, 4.69) is 5.32 Å². The van der Waals surface area contributed by atoms with E-state index >= 15 is 0 Å². The highest BCUT2D eigenvalue weighted by Crippen LogP contribution is 2.25. The first-order chi connectivity index (χ1) is 13.1. The SMILES string of the molecule is CCCOC(=O)c1ccc(NC(=O)[C@@H]2CC(=O)N(c3ccccc3)C2)cc1. The highest BCUT2D eigenvalue weighted by molar-refractivity contribution is 6.03. The van der Waals surface area contributed by atoms with Gasteiger partial charge in [0.2, 0.25) is 11.8 Å². The summed E-state index contributed by atoms with van der Waals surface area (Å²) in [5.74, 6) is -1.06. The fraction of sp³-hybridized carbons (Fsp3) is 0.286. The van der Waals surface area contributed by atoms with Gasteiger partial charge in [-0.15, -0.1) is 0 Å². The number of nitrogens with zero attached hydrogens (tertiary/aromatic N) is 1. The van der Waals surface area contributed by atoms with Crippen LogP contribution in [0.1, 0.15) is 30.1 Å². The standard InChI is InChI=1S/C21H22N2O4/c1-2-12-27-21(26)15-8-10-17(11-9-15)22-20(25)16-13-19(24)23(14-16)18-6-4-3-5-7-18/h3-11,16H,2,12-14H2,1H3,(H,22,25)/t16-/m1/s1. The van der Waals surface area contributed by atoms with Crippen LogP contribution in [0.5, 0.6) is 0 Å². The highest BCUT2D eigenvalue weighted by atomic mass is 16.5. The first kappa shape index (κ1) is 18.6. The molecule has 2 aromatic carbocycles. The number of anilines is 2. The zero-order valence-corrected chi connectivity index (χ0v) is 15.2. The van der Waals surface area contributed by atoms with E-state index in [0.717, 1.165) is 12.1 Å². The predicted octanol–water partition coefficient (Wildman–Crippen LogP) is 3.25. The average molecular weight is 366 g/mol. The second-order valence-electron chi connectivity index (χ2n) is 6.44. The number of benzene rings is 2. The molecule has 1 saturated heterocycles. The molecule has 27 heavy (non-hydrogen) atoms. The minimum Gasteiger partial charge on any atom is -0.462 e. The summed E-state index contributed by atoms with van der Waals surface area (Å²) in [6.07, 6.45) is 0.947. The maximum absolute atomic E-state index is 12.5. The van der Waals surface area contributed by atoms with Crippen LogP contribution in [0.25, 0.3) is 0 Å². The van der Waals surface area contributed by atoms with Gasteiger partial charge in [0.05, 0.1) is 18.1 Å². The third kappa shape index (κ3) is 4.53. The Labute approximate surface area is 158 Å². The monoisotopic (exact) mass is 366 g/mol. The Morgan fingerprint density at radius 1 is 1.11 bits per heavy atom. The van der Waals surface area contributed by atoms with E-state index in [9.17, 15) is 14.4 Å². The minimum absolute atomic E-state index is 0.0598. The van der Waals surface area contributed by atoms with Crippen molar-refractivity contribution in [2.45, 2.75) is 19.8 Å². The number of carbonyl (C=O) groups is 3. The Morgan fingerprint density at radius 2 is 1.81 bits per heavy atom. The first-order valence-electron chi connectivity index (χ1n) is 9.02. The summed E-state index contributed by atoms with van der Waals surface area (Å²) in [7, 11) is 0. The molecular formula is C21H22N2O4. The fourth-order valence-corrected chi connectivity index (χ4v) is 2.95. The van der Waals surface area contributed by atoms with Crippen molar-refractivity contribution in [1.29, 1.82) is 0 Å². The summed E-state index contributed by atoms with van der Waals surface area (Å²) < 4.78 is 5.08. The van der Waals surface area contributed by atoms with Gasteiger partial charge in [-0.3, -0.25) is 9.59 Å². The second-order valence-corrected chi connectivity index (χ2v) is 6.44. The molecular weight excluding hydrogens is 344 g/mol. The van der Waals surface area contributed by atoms with Gasteiger partial charge < -0.3 is 15.0 Å². The summed E-state index contributed by atoms with van der Waals surface area (Å²) in [5, 5.41) is 2.82. The molecule has 1 heterocycles. The number of hydrogen-bond donors (Lipinski definition) is 1. The Bertz CT molecular complexity index is 818. The summed E-state index contributed by atoms with van der Waals surface area (Å²) in [5.41, 5.74) is 1.82. The van der Waals surface area contributed by atoms with Gasteiger partial charge in [0, 0.05) is 24.3 Å². The number of hydrogen-bond acceptors (Lipinski definition) is 4. The smallest absolute Gasteiger partial charge is 0.338 e. The van der Waals surface area contributed by atoms with E-state index in [4.69, 9.17) is 4.74 Å². The lowest BCUT2D eigenvalue weighted by molar-refractivity contribution is -0.122. The summed E-state index contributed by atoms with van der Waals surface area (Å²) in [6.45, 7) is 2.67. The Morgan fingerprint density at radius 3 is 2.48 bits per heavy atom. The van der Waals surface area contributed by atoms with Crippen molar-refractivity contribution in [3.8, 4) is 0 Å². The largest absolute Gasteiger partial charge is 0.462 e. The topological polar surface area (TPSA) is 75.7 Å². The first-order valence-corrected chi connectivity index (χ1v) is 9.02. The van der Waals surface area contributed by atoms with Crippen molar-refractivity contribution in [1.82, 2.24) is 0 Å². The van der Waals surface area contributed by atoms with Crippen LogP contribution in [0.2, 0.25) is 0 Å². The van der Waals surface area contributed by atoms with Gasteiger partial charge in [0.15, 0.2) is 0 Å². The van der Waals surface area contributed by atoms with E-state index in [-0.39, 0.29) is 24.2 Å². The van der Waals surface area contributed by atoms with Crippen LogP contribution in [0.15, 0.2) is 54.6 Å².